The van der Waals surface area contributed by atoms with Crippen molar-refractivity contribution in [3.8, 4) is 0 Å². The molecule has 0 aliphatic carbocycles. The molecule has 0 spiro atoms. The number of carbonyl (C=O) groups is 1. The quantitative estimate of drug-likeness (QED) is 0.248. The minimum absolute atomic E-state index is 0.375. The molecule has 1 aromatic carbocycles. The lowest BCUT2D eigenvalue weighted by molar-refractivity contribution is -0.118. The molecule has 0 unspecified atom stereocenters. The summed E-state index contributed by atoms with van der Waals surface area (Å²) in [5, 5.41) is 0. The zero-order valence-electron chi connectivity index (χ0n) is 16.3. The van der Waals surface area contributed by atoms with E-state index in [0.717, 1.165) is 25.0 Å². The van der Waals surface area contributed by atoms with E-state index in [1.807, 2.05) is 0 Å². The van der Waals surface area contributed by atoms with Crippen molar-refractivity contribution in [2.75, 3.05) is 5.75 Å². The number of rotatable bonds is 16. The Morgan fingerprint density at radius 2 is 1.28 bits per heavy atom. The van der Waals surface area contributed by atoms with Crippen LogP contribution in [0.5, 0.6) is 0 Å². The van der Waals surface area contributed by atoms with Crippen molar-refractivity contribution in [3.05, 3.63) is 35.4 Å². The molecule has 0 fully saturated rings. The lowest BCUT2D eigenvalue weighted by Crippen LogP contribution is -2.02. The van der Waals surface area contributed by atoms with E-state index in [-0.39, 0.29) is 0 Å². The molecule has 1 aromatic rings. The molecule has 0 saturated heterocycles. The molecule has 0 aliphatic heterocycles. The van der Waals surface area contributed by atoms with Crippen molar-refractivity contribution in [3.63, 3.8) is 0 Å². The predicted molar refractivity (Wildman–Crippen MR) is 114 cm³/mol. The average molecular weight is 363 g/mol. The number of thiol groups is 1. The Hall–Kier alpha value is -0.760. The van der Waals surface area contributed by atoms with E-state index < -0.39 is 0 Å². The number of hydrogen-bond donors (Lipinski definition) is 1. The highest BCUT2D eigenvalue weighted by molar-refractivity contribution is 7.80. The number of unbranched alkanes of at least 4 members (excludes halogenated alkanes) is 9. The minimum atomic E-state index is 0.375. The van der Waals surface area contributed by atoms with Crippen LogP contribution in [0.25, 0.3) is 0 Å². The third-order valence-corrected chi connectivity index (χ3v) is 5.17. The van der Waals surface area contributed by atoms with Gasteiger partial charge < -0.3 is 0 Å². The van der Waals surface area contributed by atoms with E-state index >= 15 is 0 Å². The summed E-state index contributed by atoms with van der Waals surface area (Å²) in [7, 11) is 0. The van der Waals surface area contributed by atoms with E-state index in [1.165, 1.54) is 75.3 Å². The topological polar surface area (TPSA) is 17.1 Å². The molecule has 1 nitrogen and oxygen atoms in total. The maximum atomic E-state index is 11.8. The molecule has 0 aromatic heterocycles. The fraction of sp³-hybridized carbons (Fsp3) is 0.696. The summed E-state index contributed by atoms with van der Waals surface area (Å²) in [4.78, 5) is 11.8. The summed E-state index contributed by atoms with van der Waals surface area (Å²) < 4.78 is 0. The molecule has 0 atom stereocenters. The fourth-order valence-electron chi connectivity index (χ4n) is 3.19. The van der Waals surface area contributed by atoms with Gasteiger partial charge in [0.15, 0.2) is 0 Å². The maximum Gasteiger partial charge on any atom is 0.137 e. The van der Waals surface area contributed by atoms with Crippen LogP contribution in [0.3, 0.4) is 0 Å². The van der Waals surface area contributed by atoms with Crippen molar-refractivity contribution < 1.29 is 4.79 Å². The van der Waals surface area contributed by atoms with E-state index in [9.17, 15) is 4.79 Å². The van der Waals surface area contributed by atoms with E-state index in [4.69, 9.17) is 0 Å². The Labute approximate surface area is 161 Å². The number of ketones is 1. The first kappa shape index (κ1) is 22.3. The highest BCUT2D eigenvalue weighted by atomic mass is 32.1. The fourth-order valence-corrected chi connectivity index (χ4v) is 3.42. The Morgan fingerprint density at radius 3 is 1.84 bits per heavy atom. The molecule has 0 aliphatic rings. The van der Waals surface area contributed by atoms with Crippen LogP contribution in [0.4, 0.5) is 0 Å². The van der Waals surface area contributed by atoms with Gasteiger partial charge in [0, 0.05) is 12.8 Å². The number of aryl methyl sites for hydroxylation is 1. The van der Waals surface area contributed by atoms with E-state index in [2.05, 4.69) is 43.8 Å². The normalized spacial score (nSPS) is 11.0. The Kier molecular flexibility index (Phi) is 13.8. The van der Waals surface area contributed by atoms with Crippen LogP contribution < -0.4 is 0 Å². The van der Waals surface area contributed by atoms with Crippen molar-refractivity contribution in [1.82, 2.24) is 0 Å². The Bertz CT molecular complexity index is 438. The zero-order valence-corrected chi connectivity index (χ0v) is 17.2. The molecule has 0 radical (unpaired) electrons. The first-order valence-electron chi connectivity index (χ1n) is 10.5. The van der Waals surface area contributed by atoms with Crippen molar-refractivity contribution in [1.29, 1.82) is 0 Å². The van der Waals surface area contributed by atoms with Crippen molar-refractivity contribution in [2.24, 2.45) is 0 Å². The molecular formula is C23H38OS. The van der Waals surface area contributed by atoms with Gasteiger partial charge in [0.05, 0.1) is 0 Å². The number of Topliss-reactive ketones (excluding diaryl/α,β-unsaturated/α-hetero) is 1. The number of hydrogen-bond acceptors (Lipinski definition) is 2. The Balaban J connectivity index is 2.05. The summed E-state index contributed by atoms with van der Waals surface area (Å²) in [6, 6.07) is 8.71. The van der Waals surface area contributed by atoms with Crippen molar-refractivity contribution >= 4 is 18.4 Å². The maximum absolute atomic E-state index is 11.8. The molecule has 25 heavy (non-hydrogen) atoms. The molecule has 0 heterocycles. The largest absolute Gasteiger partial charge is 0.299 e. The summed E-state index contributed by atoms with van der Waals surface area (Å²) in [5.74, 6) is 1.41. The molecule has 0 N–H and O–H groups in total. The van der Waals surface area contributed by atoms with Gasteiger partial charge in [-0.25, -0.2) is 0 Å². The van der Waals surface area contributed by atoms with Gasteiger partial charge in [-0.1, -0.05) is 82.6 Å². The second kappa shape index (κ2) is 15.5. The minimum Gasteiger partial charge on any atom is -0.299 e. The SMILES string of the molecule is CCCCC(=O)Cc1ccc(CCCCCCCCCCCS)cc1. The third kappa shape index (κ3) is 12.3. The van der Waals surface area contributed by atoms with Crippen LogP contribution in [0.15, 0.2) is 24.3 Å². The second-order valence-electron chi connectivity index (χ2n) is 7.29. The smallest absolute Gasteiger partial charge is 0.137 e. The van der Waals surface area contributed by atoms with Gasteiger partial charge >= 0.3 is 0 Å². The summed E-state index contributed by atoms with van der Waals surface area (Å²) >= 11 is 4.25. The van der Waals surface area contributed by atoms with E-state index in [1.54, 1.807) is 0 Å². The molecule has 1 rings (SSSR count). The lowest BCUT2D eigenvalue weighted by Gasteiger charge is -2.05. The molecule has 142 valence electrons. The number of carbonyl (C=O) groups excluding carboxylic acids is 1. The Morgan fingerprint density at radius 1 is 0.760 bits per heavy atom. The van der Waals surface area contributed by atoms with Crippen LogP contribution in [0.1, 0.15) is 95.1 Å². The monoisotopic (exact) mass is 362 g/mol. The summed E-state index contributed by atoms with van der Waals surface area (Å²) in [5.41, 5.74) is 2.58. The molecular weight excluding hydrogens is 324 g/mol. The van der Waals surface area contributed by atoms with Gasteiger partial charge in [-0.05, 0) is 42.6 Å². The van der Waals surface area contributed by atoms with Crippen LogP contribution in [-0.2, 0) is 17.6 Å². The summed E-state index contributed by atoms with van der Waals surface area (Å²) in [6.07, 6.45) is 16.8. The van der Waals surface area contributed by atoms with Gasteiger partial charge in [-0.3, -0.25) is 4.79 Å². The van der Waals surface area contributed by atoms with Crippen LogP contribution in [0, 0.1) is 0 Å². The molecule has 0 saturated carbocycles. The predicted octanol–water partition coefficient (Wildman–Crippen LogP) is 6.97. The van der Waals surface area contributed by atoms with E-state index in [0.29, 0.717) is 12.2 Å². The molecule has 0 amide bonds. The molecule has 0 bridgehead atoms. The van der Waals surface area contributed by atoms with Gasteiger partial charge in [0.2, 0.25) is 0 Å². The first-order chi connectivity index (χ1) is 12.3. The average Bonchev–Trinajstić information content (AvgIpc) is 2.63. The van der Waals surface area contributed by atoms with Gasteiger partial charge in [0.1, 0.15) is 5.78 Å². The zero-order chi connectivity index (χ0) is 18.2. The van der Waals surface area contributed by atoms with Crippen molar-refractivity contribution in [2.45, 2.75) is 96.8 Å². The highest BCUT2D eigenvalue weighted by Crippen LogP contribution is 2.13. The molecule has 2 heteroatoms. The van der Waals surface area contributed by atoms with Gasteiger partial charge in [-0.2, -0.15) is 12.6 Å². The van der Waals surface area contributed by atoms with Crippen LogP contribution in [0.2, 0.25) is 0 Å². The number of benzene rings is 1. The third-order valence-electron chi connectivity index (χ3n) is 4.86. The highest BCUT2D eigenvalue weighted by Gasteiger charge is 2.03. The van der Waals surface area contributed by atoms with Gasteiger partial charge in [-0.15, -0.1) is 0 Å². The standard InChI is InChI=1S/C23H38OS/c1-2-3-14-23(24)20-22-17-15-21(16-18-22)13-11-9-7-5-4-6-8-10-12-19-25/h15-18,25H,2-14,19-20H2,1H3. The first-order valence-corrected chi connectivity index (χ1v) is 11.1. The van der Waals surface area contributed by atoms with Crippen LogP contribution in [-0.4, -0.2) is 11.5 Å². The van der Waals surface area contributed by atoms with Gasteiger partial charge in [0.25, 0.3) is 0 Å². The second-order valence-corrected chi connectivity index (χ2v) is 7.74. The van der Waals surface area contributed by atoms with Crippen LogP contribution >= 0.6 is 12.6 Å². The summed E-state index contributed by atoms with van der Waals surface area (Å²) in [6.45, 7) is 2.13. The lowest BCUT2D eigenvalue weighted by atomic mass is 10.0.